The average Bonchev–Trinajstić information content (AvgIpc) is 2.62. The first kappa shape index (κ1) is 18.8. The summed E-state index contributed by atoms with van der Waals surface area (Å²) in [7, 11) is 1.65. The molecule has 1 fully saturated rings. The van der Waals surface area contributed by atoms with Crippen LogP contribution < -0.4 is 5.32 Å². The van der Waals surface area contributed by atoms with Crippen molar-refractivity contribution in [2.75, 3.05) is 12.4 Å². The van der Waals surface area contributed by atoms with Crippen molar-refractivity contribution in [3.8, 4) is 0 Å². The number of hydrogen-bond donors (Lipinski definition) is 1. The third kappa shape index (κ3) is 4.58. The summed E-state index contributed by atoms with van der Waals surface area (Å²) in [6.07, 6.45) is 0.111. The van der Waals surface area contributed by atoms with E-state index >= 15 is 0 Å². The lowest BCUT2D eigenvalue weighted by molar-refractivity contribution is -0.128. The molecule has 8 heteroatoms. The summed E-state index contributed by atoms with van der Waals surface area (Å²) in [5.74, 6) is -0.407. The number of carbonyl (C=O) groups excluding carboxylic acids is 2. The topological polar surface area (TPSA) is 61.8 Å². The Morgan fingerprint density at radius 3 is 2.31 bits per heavy atom. The van der Waals surface area contributed by atoms with Gasteiger partial charge in [0.05, 0.1) is 5.69 Å². The Labute approximate surface area is 165 Å². The molecule has 134 valence electrons. The molecule has 0 radical (unpaired) electrons. The van der Waals surface area contributed by atoms with Gasteiger partial charge in [0.25, 0.3) is 0 Å². The Morgan fingerprint density at radius 1 is 1.12 bits per heavy atom. The maximum absolute atomic E-state index is 12.5. The predicted molar refractivity (Wildman–Crippen MR) is 107 cm³/mol. The molecule has 1 heterocycles. The van der Waals surface area contributed by atoms with Crippen molar-refractivity contribution < 1.29 is 9.59 Å². The monoisotopic (exact) mass is 407 g/mol. The fourth-order valence-corrected chi connectivity index (χ4v) is 3.60. The van der Waals surface area contributed by atoms with Gasteiger partial charge in [0.15, 0.2) is 5.17 Å². The van der Waals surface area contributed by atoms with E-state index in [1.165, 1.54) is 16.7 Å². The van der Waals surface area contributed by atoms with Crippen LogP contribution in [0.25, 0.3) is 0 Å². The Balaban J connectivity index is 1.76. The minimum Gasteiger partial charge on any atom is -0.325 e. The zero-order valence-electron chi connectivity index (χ0n) is 13.8. The number of aliphatic imine (C=N–C) groups is 1. The molecule has 1 saturated heterocycles. The van der Waals surface area contributed by atoms with Crippen LogP contribution in [0.15, 0.2) is 53.5 Å². The van der Waals surface area contributed by atoms with E-state index in [1.807, 2.05) is 0 Å². The molecule has 3 rings (SSSR count). The van der Waals surface area contributed by atoms with Gasteiger partial charge in [-0.25, -0.2) is 4.99 Å². The third-order valence-electron chi connectivity index (χ3n) is 3.72. The van der Waals surface area contributed by atoms with Gasteiger partial charge in [0.1, 0.15) is 5.25 Å². The van der Waals surface area contributed by atoms with Gasteiger partial charge in [0, 0.05) is 29.2 Å². The van der Waals surface area contributed by atoms with Crippen LogP contribution in [-0.2, 0) is 9.59 Å². The number of carbonyl (C=O) groups is 2. The average molecular weight is 408 g/mol. The Bertz CT molecular complexity index is 854. The Kier molecular flexibility index (Phi) is 5.86. The number of nitrogens with zero attached hydrogens (tertiary/aromatic N) is 2. The maximum Gasteiger partial charge on any atom is 0.238 e. The van der Waals surface area contributed by atoms with Crippen LogP contribution in [0.5, 0.6) is 0 Å². The van der Waals surface area contributed by atoms with Crippen molar-refractivity contribution in [1.29, 1.82) is 0 Å². The van der Waals surface area contributed by atoms with E-state index in [1.54, 1.807) is 55.6 Å². The van der Waals surface area contributed by atoms with Gasteiger partial charge in [-0.1, -0.05) is 35.0 Å². The molecular weight excluding hydrogens is 393 g/mol. The van der Waals surface area contributed by atoms with Crippen LogP contribution in [0.4, 0.5) is 11.4 Å². The highest BCUT2D eigenvalue weighted by Crippen LogP contribution is 2.29. The molecule has 0 bridgehead atoms. The van der Waals surface area contributed by atoms with Gasteiger partial charge in [-0.3, -0.25) is 14.5 Å². The first-order chi connectivity index (χ1) is 12.4. The molecule has 1 unspecified atom stereocenters. The van der Waals surface area contributed by atoms with Crippen molar-refractivity contribution in [3.05, 3.63) is 58.6 Å². The lowest BCUT2D eigenvalue weighted by Crippen LogP contribution is -2.43. The summed E-state index contributed by atoms with van der Waals surface area (Å²) in [6.45, 7) is 0. The highest BCUT2D eigenvalue weighted by molar-refractivity contribution is 8.15. The van der Waals surface area contributed by atoms with Crippen LogP contribution in [0.1, 0.15) is 6.42 Å². The van der Waals surface area contributed by atoms with Gasteiger partial charge in [0.2, 0.25) is 11.8 Å². The number of halogens is 2. The summed E-state index contributed by atoms with van der Waals surface area (Å²) in [5.41, 5.74) is 1.29. The first-order valence-corrected chi connectivity index (χ1v) is 9.40. The van der Waals surface area contributed by atoms with Crippen LogP contribution in [0, 0.1) is 0 Å². The second kappa shape index (κ2) is 8.12. The number of amidine groups is 1. The van der Waals surface area contributed by atoms with Gasteiger partial charge in [-0.2, -0.15) is 0 Å². The summed E-state index contributed by atoms with van der Waals surface area (Å²) in [5, 5.41) is 3.92. The third-order valence-corrected chi connectivity index (χ3v) is 5.47. The predicted octanol–water partition coefficient (Wildman–Crippen LogP) is 4.58. The van der Waals surface area contributed by atoms with E-state index in [0.717, 1.165) is 0 Å². The van der Waals surface area contributed by atoms with E-state index in [9.17, 15) is 9.59 Å². The number of rotatable bonds is 3. The van der Waals surface area contributed by atoms with Crippen LogP contribution in [0.2, 0.25) is 10.0 Å². The number of benzene rings is 2. The second-order valence-corrected chi connectivity index (χ2v) is 7.67. The lowest BCUT2D eigenvalue weighted by Gasteiger charge is -2.28. The molecule has 0 saturated carbocycles. The number of thioether (sulfide) groups is 1. The van der Waals surface area contributed by atoms with Crippen LogP contribution in [-0.4, -0.2) is 34.2 Å². The largest absolute Gasteiger partial charge is 0.325 e. The normalized spacial score (nSPS) is 18.9. The molecule has 0 aromatic heterocycles. The van der Waals surface area contributed by atoms with Gasteiger partial charge < -0.3 is 5.32 Å². The smallest absolute Gasteiger partial charge is 0.238 e. The molecule has 2 amide bonds. The highest BCUT2D eigenvalue weighted by Gasteiger charge is 2.34. The molecular formula is C18H15Cl2N3O2S. The van der Waals surface area contributed by atoms with Crippen LogP contribution >= 0.6 is 35.0 Å². The van der Waals surface area contributed by atoms with E-state index < -0.39 is 5.25 Å². The van der Waals surface area contributed by atoms with Gasteiger partial charge in [-0.05, 0) is 48.5 Å². The maximum atomic E-state index is 12.5. The number of anilines is 1. The fraction of sp³-hybridized carbons (Fsp3) is 0.167. The van der Waals surface area contributed by atoms with Crippen LogP contribution in [0.3, 0.4) is 0 Å². The van der Waals surface area contributed by atoms with Crippen molar-refractivity contribution in [2.45, 2.75) is 11.7 Å². The zero-order chi connectivity index (χ0) is 18.7. The quantitative estimate of drug-likeness (QED) is 0.809. The SMILES string of the molecule is CN1C(=O)CC(C(=O)Nc2ccc(Cl)cc2)SC1=Nc1ccc(Cl)cc1. The van der Waals surface area contributed by atoms with E-state index in [0.29, 0.717) is 26.6 Å². The Hall–Kier alpha value is -2.02. The molecule has 2 aromatic rings. The van der Waals surface area contributed by atoms with Gasteiger partial charge >= 0.3 is 0 Å². The molecule has 1 aliphatic rings. The van der Waals surface area contributed by atoms with Crippen molar-refractivity contribution in [3.63, 3.8) is 0 Å². The first-order valence-electron chi connectivity index (χ1n) is 7.76. The minimum atomic E-state index is -0.555. The minimum absolute atomic E-state index is 0.111. The van der Waals surface area contributed by atoms with Crippen molar-refractivity contribution >= 4 is 63.3 Å². The molecule has 1 atom stereocenters. The van der Waals surface area contributed by atoms with Crippen molar-refractivity contribution in [1.82, 2.24) is 4.90 Å². The summed E-state index contributed by atoms with van der Waals surface area (Å²) < 4.78 is 0. The van der Waals surface area contributed by atoms with E-state index in [-0.39, 0.29) is 18.2 Å². The second-order valence-electron chi connectivity index (χ2n) is 5.63. The molecule has 0 aliphatic carbocycles. The number of amides is 2. The molecule has 5 nitrogen and oxygen atoms in total. The van der Waals surface area contributed by atoms with Gasteiger partial charge in [-0.15, -0.1) is 0 Å². The van der Waals surface area contributed by atoms with Crippen molar-refractivity contribution in [2.24, 2.45) is 4.99 Å². The number of nitrogens with one attached hydrogen (secondary N) is 1. The molecule has 26 heavy (non-hydrogen) atoms. The zero-order valence-corrected chi connectivity index (χ0v) is 16.1. The standard InChI is InChI=1S/C18H15Cl2N3O2S/c1-23-16(24)10-15(17(25)21-13-6-2-11(19)3-7-13)26-18(23)22-14-8-4-12(20)5-9-14/h2-9,15H,10H2,1H3,(H,21,25). The van der Waals surface area contributed by atoms with E-state index in [2.05, 4.69) is 10.3 Å². The fourth-order valence-electron chi connectivity index (χ4n) is 2.28. The summed E-state index contributed by atoms with van der Waals surface area (Å²) >= 11 is 13.0. The Morgan fingerprint density at radius 2 is 1.69 bits per heavy atom. The lowest BCUT2D eigenvalue weighted by atomic mass is 10.2. The molecule has 1 aliphatic heterocycles. The van der Waals surface area contributed by atoms with E-state index in [4.69, 9.17) is 23.2 Å². The number of hydrogen-bond acceptors (Lipinski definition) is 4. The summed E-state index contributed by atoms with van der Waals surface area (Å²) in [6, 6.07) is 13.8. The molecule has 1 N–H and O–H groups in total. The highest BCUT2D eigenvalue weighted by atomic mass is 35.5. The molecule has 2 aromatic carbocycles. The summed E-state index contributed by atoms with van der Waals surface area (Å²) in [4.78, 5) is 30.7. The molecule has 0 spiro atoms.